The number of piperidine rings is 1. The molecule has 1 saturated heterocycles. The first-order valence-electron chi connectivity index (χ1n) is 6.71. The first-order valence-corrected chi connectivity index (χ1v) is 6.71. The summed E-state index contributed by atoms with van der Waals surface area (Å²) in [5.41, 5.74) is -0.131. The van der Waals surface area contributed by atoms with Crippen molar-refractivity contribution in [2.75, 3.05) is 32.8 Å². The number of hydrogen-bond acceptors (Lipinski definition) is 3. The molecule has 1 aliphatic heterocycles. The summed E-state index contributed by atoms with van der Waals surface area (Å²) in [5, 5.41) is 12.8. The highest BCUT2D eigenvalue weighted by atomic mass is 16.3. The van der Waals surface area contributed by atoms with Gasteiger partial charge >= 0.3 is 0 Å². The third-order valence-electron chi connectivity index (χ3n) is 3.81. The summed E-state index contributed by atoms with van der Waals surface area (Å²) in [4.78, 5) is 2.49. The molecular weight excluding hydrogens is 200 g/mol. The molecule has 0 spiro atoms. The van der Waals surface area contributed by atoms with Crippen molar-refractivity contribution in [1.29, 1.82) is 0 Å². The normalized spacial score (nSPS) is 23.2. The van der Waals surface area contributed by atoms with Crippen LogP contribution < -0.4 is 5.32 Å². The Bertz CT molecular complexity index is 190. The van der Waals surface area contributed by atoms with Crippen molar-refractivity contribution in [3.05, 3.63) is 0 Å². The van der Waals surface area contributed by atoms with E-state index in [9.17, 15) is 5.11 Å². The number of nitrogens with one attached hydrogen (secondary N) is 1. The molecule has 1 heterocycles. The predicted octanol–water partition coefficient (Wildman–Crippen LogP) is 1.47. The van der Waals surface area contributed by atoms with E-state index in [1.807, 2.05) is 0 Å². The molecule has 16 heavy (non-hydrogen) atoms. The highest BCUT2D eigenvalue weighted by Crippen LogP contribution is 2.21. The van der Waals surface area contributed by atoms with Gasteiger partial charge < -0.3 is 15.3 Å². The van der Waals surface area contributed by atoms with Crippen LogP contribution in [0.3, 0.4) is 0 Å². The van der Waals surface area contributed by atoms with Gasteiger partial charge in [0, 0.05) is 6.54 Å². The lowest BCUT2D eigenvalue weighted by atomic mass is 9.93. The van der Waals surface area contributed by atoms with Gasteiger partial charge in [0.1, 0.15) is 0 Å². The highest BCUT2D eigenvalue weighted by molar-refractivity contribution is 4.87. The van der Waals surface area contributed by atoms with E-state index in [4.69, 9.17) is 0 Å². The second-order valence-corrected chi connectivity index (χ2v) is 5.38. The molecular formula is C13H28N2O. The SMILES string of the molecule is CCNC(C)(CO)CN1CCC(CC)CC1. The minimum absolute atomic E-state index is 0.131. The summed E-state index contributed by atoms with van der Waals surface area (Å²) in [5.74, 6) is 0.927. The molecule has 2 N–H and O–H groups in total. The van der Waals surface area contributed by atoms with Crippen LogP contribution in [-0.2, 0) is 0 Å². The maximum Gasteiger partial charge on any atom is 0.0623 e. The van der Waals surface area contributed by atoms with E-state index < -0.39 is 0 Å². The zero-order chi connectivity index (χ0) is 12.0. The van der Waals surface area contributed by atoms with Crippen LogP contribution in [0, 0.1) is 5.92 Å². The van der Waals surface area contributed by atoms with Crippen molar-refractivity contribution in [3.8, 4) is 0 Å². The van der Waals surface area contributed by atoms with Crippen LogP contribution in [0.1, 0.15) is 40.0 Å². The first kappa shape index (κ1) is 13.9. The molecule has 0 saturated carbocycles. The quantitative estimate of drug-likeness (QED) is 0.722. The molecule has 0 amide bonds. The van der Waals surface area contributed by atoms with Crippen LogP contribution >= 0.6 is 0 Å². The minimum atomic E-state index is -0.131. The van der Waals surface area contributed by atoms with Gasteiger partial charge in [0.2, 0.25) is 0 Å². The van der Waals surface area contributed by atoms with Crippen molar-refractivity contribution < 1.29 is 5.11 Å². The molecule has 1 fully saturated rings. The zero-order valence-corrected chi connectivity index (χ0v) is 11.1. The fourth-order valence-corrected chi connectivity index (χ4v) is 2.63. The van der Waals surface area contributed by atoms with Gasteiger partial charge in [-0.05, 0) is 45.3 Å². The fraction of sp³-hybridized carbons (Fsp3) is 1.00. The van der Waals surface area contributed by atoms with E-state index in [0.717, 1.165) is 19.0 Å². The Balaban J connectivity index is 2.36. The molecule has 3 heteroatoms. The Morgan fingerprint density at radius 2 is 1.94 bits per heavy atom. The summed E-state index contributed by atoms with van der Waals surface area (Å²) in [6.07, 6.45) is 3.96. The predicted molar refractivity (Wildman–Crippen MR) is 68.6 cm³/mol. The lowest BCUT2D eigenvalue weighted by Gasteiger charge is -2.38. The van der Waals surface area contributed by atoms with E-state index in [1.165, 1.54) is 32.4 Å². The number of nitrogens with zero attached hydrogens (tertiary/aromatic N) is 1. The van der Waals surface area contributed by atoms with Crippen LogP contribution in [0.2, 0.25) is 0 Å². The van der Waals surface area contributed by atoms with Crippen LogP contribution in [0.15, 0.2) is 0 Å². The van der Waals surface area contributed by atoms with Gasteiger partial charge in [-0.25, -0.2) is 0 Å². The Morgan fingerprint density at radius 1 is 1.31 bits per heavy atom. The van der Waals surface area contributed by atoms with Gasteiger partial charge in [-0.15, -0.1) is 0 Å². The molecule has 1 aliphatic rings. The van der Waals surface area contributed by atoms with Crippen molar-refractivity contribution in [3.63, 3.8) is 0 Å². The molecule has 0 aromatic rings. The molecule has 0 aromatic heterocycles. The number of likely N-dealkylation sites (N-methyl/N-ethyl adjacent to an activating group) is 1. The molecule has 0 aromatic carbocycles. The topological polar surface area (TPSA) is 35.5 Å². The third kappa shape index (κ3) is 4.04. The van der Waals surface area contributed by atoms with Gasteiger partial charge in [-0.1, -0.05) is 20.3 Å². The fourth-order valence-electron chi connectivity index (χ4n) is 2.63. The Morgan fingerprint density at radius 3 is 2.38 bits per heavy atom. The van der Waals surface area contributed by atoms with Crippen molar-refractivity contribution in [1.82, 2.24) is 10.2 Å². The number of aliphatic hydroxyl groups is 1. The molecule has 1 unspecified atom stereocenters. The molecule has 1 rings (SSSR count). The highest BCUT2D eigenvalue weighted by Gasteiger charge is 2.27. The zero-order valence-electron chi connectivity index (χ0n) is 11.1. The molecule has 0 radical (unpaired) electrons. The summed E-state index contributed by atoms with van der Waals surface area (Å²) < 4.78 is 0. The van der Waals surface area contributed by atoms with Gasteiger partial charge in [0.05, 0.1) is 12.1 Å². The summed E-state index contributed by atoms with van der Waals surface area (Å²) in [6, 6.07) is 0. The Labute approximate surface area is 100 Å². The largest absolute Gasteiger partial charge is 0.394 e. The summed E-state index contributed by atoms with van der Waals surface area (Å²) in [7, 11) is 0. The maximum absolute atomic E-state index is 9.46. The third-order valence-corrected chi connectivity index (χ3v) is 3.81. The lowest BCUT2D eigenvalue weighted by molar-refractivity contribution is 0.0968. The Kier molecular flexibility index (Phi) is 5.73. The average Bonchev–Trinajstić information content (AvgIpc) is 2.30. The standard InChI is InChI=1S/C13H28N2O/c1-4-12-6-8-15(9-7-12)10-13(3,11-16)14-5-2/h12,14,16H,4-11H2,1-3H3. The maximum atomic E-state index is 9.46. The van der Waals surface area contributed by atoms with Crippen molar-refractivity contribution >= 4 is 0 Å². The smallest absolute Gasteiger partial charge is 0.0623 e. The molecule has 0 bridgehead atoms. The molecule has 96 valence electrons. The molecule has 3 nitrogen and oxygen atoms in total. The van der Waals surface area contributed by atoms with E-state index >= 15 is 0 Å². The van der Waals surface area contributed by atoms with Gasteiger partial charge in [-0.2, -0.15) is 0 Å². The second kappa shape index (κ2) is 6.58. The number of likely N-dealkylation sites (tertiary alicyclic amines) is 1. The summed E-state index contributed by atoms with van der Waals surface area (Å²) in [6.45, 7) is 11.0. The lowest BCUT2D eigenvalue weighted by Crippen LogP contribution is -2.55. The van der Waals surface area contributed by atoms with Gasteiger partial charge in [-0.3, -0.25) is 0 Å². The average molecular weight is 228 g/mol. The van der Waals surface area contributed by atoms with E-state index in [-0.39, 0.29) is 12.1 Å². The van der Waals surface area contributed by atoms with E-state index in [0.29, 0.717) is 0 Å². The number of rotatable bonds is 6. The van der Waals surface area contributed by atoms with Crippen LogP contribution in [0.5, 0.6) is 0 Å². The molecule has 1 atom stereocenters. The summed E-state index contributed by atoms with van der Waals surface area (Å²) >= 11 is 0. The van der Waals surface area contributed by atoms with Crippen molar-refractivity contribution in [2.24, 2.45) is 5.92 Å². The number of hydrogen-bond donors (Lipinski definition) is 2. The van der Waals surface area contributed by atoms with Crippen LogP contribution in [0.25, 0.3) is 0 Å². The van der Waals surface area contributed by atoms with Gasteiger partial charge in [0.25, 0.3) is 0 Å². The van der Waals surface area contributed by atoms with Gasteiger partial charge in [0.15, 0.2) is 0 Å². The minimum Gasteiger partial charge on any atom is -0.394 e. The van der Waals surface area contributed by atoms with Crippen LogP contribution in [-0.4, -0.2) is 48.3 Å². The van der Waals surface area contributed by atoms with Crippen molar-refractivity contribution in [2.45, 2.75) is 45.6 Å². The Hall–Kier alpha value is -0.120. The molecule has 0 aliphatic carbocycles. The number of aliphatic hydroxyl groups excluding tert-OH is 1. The van der Waals surface area contributed by atoms with Crippen LogP contribution in [0.4, 0.5) is 0 Å². The monoisotopic (exact) mass is 228 g/mol. The first-order chi connectivity index (χ1) is 7.63. The van der Waals surface area contributed by atoms with E-state index in [1.54, 1.807) is 0 Å². The second-order valence-electron chi connectivity index (χ2n) is 5.38. The van der Waals surface area contributed by atoms with E-state index in [2.05, 4.69) is 31.0 Å².